The van der Waals surface area contributed by atoms with Crippen molar-refractivity contribution in [2.45, 2.75) is 38.5 Å². The molecule has 0 saturated carbocycles. The van der Waals surface area contributed by atoms with E-state index in [0.717, 1.165) is 19.0 Å². The van der Waals surface area contributed by atoms with Crippen LogP contribution in [0.5, 0.6) is 0 Å². The summed E-state index contributed by atoms with van der Waals surface area (Å²) in [7, 11) is 0. The third-order valence-electron chi connectivity index (χ3n) is 4.31. The summed E-state index contributed by atoms with van der Waals surface area (Å²) in [5.74, 6) is 0.925. The van der Waals surface area contributed by atoms with Crippen LogP contribution in [0.3, 0.4) is 0 Å². The third-order valence-corrected chi connectivity index (χ3v) is 4.31. The van der Waals surface area contributed by atoms with Gasteiger partial charge in [-0.3, -0.25) is 0 Å². The number of hydrogen-bond donors (Lipinski definition) is 2. The molecule has 0 spiro atoms. The molecule has 2 N–H and O–H groups in total. The van der Waals surface area contributed by atoms with E-state index in [0.29, 0.717) is 0 Å². The molecule has 0 aromatic heterocycles. The van der Waals surface area contributed by atoms with Crippen molar-refractivity contribution >= 4 is 0 Å². The zero-order valence-electron chi connectivity index (χ0n) is 12.4. The van der Waals surface area contributed by atoms with E-state index in [4.69, 9.17) is 0 Å². The van der Waals surface area contributed by atoms with Crippen molar-refractivity contribution in [3.05, 3.63) is 35.9 Å². The third kappa shape index (κ3) is 4.63. The van der Waals surface area contributed by atoms with Crippen LogP contribution in [-0.2, 0) is 5.41 Å². The van der Waals surface area contributed by atoms with Crippen molar-refractivity contribution < 1.29 is 0 Å². The van der Waals surface area contributed by atoms with Crippen LogP contribution in [0.15, 0.2) is 30.3 Å². The maximum absolute atomic E-state index is 3.65. The minimum atomic E-state index is 0.218. The molecule has 0 radical (unpaired) electrons. The fourth-order valence-corrected chi connectivity index (χ4v) is 2.87. The lowest BCUT2D eigenvalue weighted by molar-refractivity contribution is 0.342. The van der Waals surface area contributed by atoms with Crippen molar-refractivity contribution in [2.75, 3.05) is 26.2 Å². The fraction of sp³-hybridized carbons (Fsp3) is 0.647. The molecule has 2 rings (SSSR count). The molecule has 1 heterocycles. The average Bonchev–Trinajstić information content (AvgIpc) is 2.46. The molecule has 1 aliphatic rings. The molecule has 1 aromatic rings. The van der Waals surface area contributed by atoms with Gasteiger partial charge < -0.3 is 10.6 Å². The van der Waals surface area contributed by atoms with Crippen LogP contribution in [-0.4, -0.2) is 26.2 Å². The number of rotatable bonds is 6. The maximum Gasteiger partial charge on any atom is 0.00431 e. The molecule has 1 aromatic carbocycles. The van der Waals surface area contributed by atoms with Gasteiger partial charge >= 0.3 is 0 Å². The average molecular weight is 260 g/mol. The quantitative estimate of drug-likeness (QED) is 0.769. The summed E-state index contributed by atoms with van der Waals surface area (Å²) >= 11 is 0. The molecule has 0 amide bonds. The smallest absolute Gasteiger partial charge is 0.00431 e. The zero-order valence-corrected chi connectivity index (χ0v) is 12.4. The van der Waals surface area contributed by atoms with E-state index in [9.17, 15) is 0 Å². The summed E-state index contributed by atoms with van der Waals surface area (Å²) in [5.41, 5.74) is 1.64. The Morgan fingerprint density at radius 3 is 2.53 bits per heavy atom. The molecule has 0 unspecified atom stereocenters. The Morgan fingerprint density at radius 2 is 1.84 bits per heavy atom. The van der Waals surface area contributed by atoms with E-state index in [1.807, 2.05) is 0 Å². The van der Waals surface area contributed by atoms with Crippen LogP contribution in [0.1, 0.15) is 38.7 Å². The molecule has 1 aliphatic heterocycles. The molecule has 106 valence electrons. The van der Waals surface area contributed by atoms with E-state index in [1.54, 1.807) is 0 Å². The van der Waals surface area contributed by atoms with E-state index < -0.39 is 0 Å². The number of piperidine rings is 1. The van der Waals surface area contributed by atoms with Gasteiger partial charge in [-0.05, 0) is 50.4 Å². The van der Waals surface area contributed by atoms with Gasteiger partial charge in [0.25, 0.3) is 0 Å². The monoisotopic (exact) mass is 260 g/mol. The zero-order chi connectivity index (χ0) is 13.6. The molecule has 19 heavy (non-hydrogen) atoms. The van der Waals surface area contributed by atoms with Crippen LogP contribution in [0.2, 0.25) is 0 Å². The first-order valence-corrected chi connectivity index (χ1v) is 7.65. The number of nitrogens with one attached hydrogen (secondary N) is 2. The molecular formula is C17H28N2. The molecular weight excluding hydrogens is 232 g/mol. The summed E-state index contributed by atoms with van der Waals surface area (Å²) in [4.78, 5) is 0. The lowest BCUT2D eigenvalue weighted by atomic mass is 9.84. The highest BCUT2D eigenvalue weighted by Crippen LogP contribution is 2.22. The van der Waals surface area contributed by atoms with Gasteiger partial charge in [0.2, 0.25) is 0 Å². The molecule has 2 nitrogen and oxygen atoms in total. The molecule has 1 fully saturated rings. The van der Waals surface area contributed by atoms with Crippen molar-refractivity contribution in [3.63, 3.8) is 0 Å². The molecule has 0 aliphatic carbocycles. The van der Waals surface area contributed by atoms with Crippen molar-refractivity contribution in [1.29, 1.82) is 0 Å². The molecule has 0 bridgehead atoms. The fourth-order valence-electron chi connectivity index (χ4n) is 2.87. The summed E-state index contributed by atoms with van der Waals surface area (Å²) in [6.45, 7) is 9.27. The van der Waals surface area contributed by atoms with E-state index in [2.05, 4.69) is 54.8 Å². The van der Waals surface area contributed by atoms with E-state index >= 15 is 0 Å². The van der Waals surface area contributed by atoms with Crippen molar-refractivity contribution in [1.82, 2.24) is 10.6 Å². The van der Waals surface area contributed by atoms with Crippen molar-refractivity contribution in [3.8, 4) is 0 Å². The van der Waals surface area contributed by atoms with Crippen LogP contribution in [0, 0.1) is 5.92 Å². The lowest BCUT2D eigenvalue weighted by Gasteiger charge is -2.27. The van der Waals surface area contributed by atoms with Gasteiger partial charge in [-0.15, -0.1) is 0 Å². The normalized spacial score (nSPS) is 17.6. The second-order valence-electron chi connectivity index (χ2n) is 6.41. The minimum absolute atomic E-state index is 0.218. The first-order valence-electron chi connectivity index (χ1n) is 7.65. The molecule has 2 heteroatoms. The number of benzene rings is 1. The van der Waals surface area contributed by atoms with Crippen LogP contribution in [0.4, 0.5) is 0 Å². The highest BCUT2D eigenvalue weighted by atomic mass is 14.9. The Kier molecular flexibility index (Phi) is 5.41. The van der Waals surface area contributed by atoms with Gasteiger partial charge in [0, 0.05) is 12.0 Å². The Bertz CT molecular complexity index is 353. The Labute approximate surface area is 118 Å². The Balaban J connectivity index is 1.69. The number of hydrogen-bond acceptors (Lipinski definition) is 2. The Hall–Kier alpha value is -0.860. The second-order valence-corrected chi connectivity index (χ2v) is 6.41. The summed E-state index contributed by atoms with van der Waals surface area (Å²) < 4.78 is 0. The topological polar surface area (TPSA) is 24.1 Å². The summed E-state index contributed by atoms with van der Waals surface area (Å²) in [6.07, 6.45) is 4.03. The van der Waals surface area contributed by atoms with Crippen LogP contribution >= 0.6 is 0 Å². The standard InChI is InChI=1S/C17H28N2/c1-17(2,16-6-4-3-5-7-16)14-19-13-10-15-8-11-18-12-9-15/h3-7,15,18-19H,8-14H2,1-2H3. The summed E-state index contributed by atoms with van der Waals surface area (Å²) in [6, 6.07) is 10.8. The molecule has 0 atom stereocenters. The lowest BCUT2D eigenvalue weighted by Crippen LogP contribution is -2.35. The van der Waals surface area contributed by atoms with E-state index in [1.165, 1.54) is 37.9 Å². The first-order chi connectivity index (χ1) is 9.18. The minimum Gasteiger partial charge on any atom is -0.317 e. The highest BCUT2D eigenvalue weighted by Gasteiger charge is 2.20. The Morgan fingerprint density at radius 1 is 1.16 bits per heavy atom. The second kappa shape index (κ2) is 7.06. The van der Waals surface area contributed by atoms with E-state index in [-0.39, 0.29) is 5.41 Å². The predicted molar refractivity (Wildman–Crippen MR) is 82.5 cm³/mol. The van der Waals surface area contributed by atoms with Gasteiger partial charge in [0.1, 0.15) is 0 Å². The summed E-state index contributed by atoms with van der Waals surface area (Å²) in [5, 5.41) is 7.08. The first kappa shape index (κ1) is 14.5. The molecule has 1 saturated heterocycles. The largest absolute Gasteiger partial charge is 0.317 e. The highest BCUT2D eigenvalue weighted by molar-refractivity contribution is 5.23. The van der Waals surface area contributed by atoms with Gasteiger partial charge in [-0.1, -0.05) is 44.2 Å². The van der Waals surface area contributed by atoms with Gasteiger partial charge in [-0.2, -0.15) is 0 Å². The van der Waals surface area contributed by atoms with Gasteiger partial charge in [0.15, 0.2) is 0 Å². The van der Waals surface area contributed by atoms with Crippen LogP contribution in [0.25, 0.3) is 0 Å². The predicted octanol–water partition coefficient (Wildman–Crippen LogP) is 2.94. The van der Waals surface area contributed by atoms with Crippen molar-refractivity contribution in [2.24, 2.45) is 5.92 Å². The van der Waals surface area contributed by atoms with Crippen LogP contribution < -0.4 is 10.6 Å². The van der Waals surface area contributed by atoms with Gasteiger partial charge in [0.05, 0.1) is 0 Å². The van der Waals surface area contributed by atoms with Gasteiger partial charge in [-0.25, -0.2) is 0 Å². The SMILES string of the molecule is CC(C)(CNCCC1CCNCC1)c1ccccc1. The maximum atomic E-state index is 3.65.